The number of likely N-dealkylation sites (N-methyl/N-ethyl adjacent to an activating group) is 1. The van der Waals surface area contributed by atoms with Gasteiger partial charge < -0.3 is 19.9 Å². The summed E-state index contributed by atoms with van der Waals surface area (Å²) in [5.74, 6) is 0.702. The molecular formula is C15H24N2O3. The molecule has 2 rings (SSSR count). The second-order valence-electron chi connectivity index (χ2n) is 5.15. The molecule has 2 N–H and O–H groups in total. The second-order valence-corrected chi connectivity index (χ2v) is 5.15. The quantitative estimate of drug-likeness (QED) is 0.853. The third-order valence-corrected chi connectivity index (χ3v) is 3.84. The molecule has 0 saturated carbocycles. The average molecular weight is 280 g/mol. The summed E-state index contributed by atoms with van der Waals surface area (Å²) in [6.45, 7) is 5.62. The lowest BCUT2D eigenvalue weighted by atomic mass is 10.0. The molecule has 20 heavy (non-hydrogen) atoms. The zero-order valence-electron chi connectivity index (χ0n) is 12.4. The van der Waals surface area contributed by atoms with Crippen LogP contribution in [0.2, 0.25) is 0 Å². The number of morpholine rings is 1. The van der Waals surface area contributed by atoms with Crippen LogP contribution in [-0.2, 0) is 4.74 Å². The van der Waals surface area contributed by atoms with Crippen LogP contribution >= 0.6 is 0 Å². The van der Waals surface area contributed by atoms with E-state index in [2.05, 4.69) is 17.1 Å². The van der Waals surface area contributed by atoms with Gasteiger partial charge in [0.05, 0.1) is 19.8 Å². The van der Waals surface area contributed by atoms with Crippen LogP contribution in [-0.4, -0.2) is 56.5 Å². The monoisotopic (exact) mass is 280 g/mol. The van der Waals surface area contributed by atoms with E-state index in [-0.39, 0.29) is 17.9 Å². The molecule has 1 aromatic rings. The maximum Gasteiger partial charge on any atom is 0.160 e. The largest absolute Gasteiger partial charge is 0.504 e. The van der Waals surface area contributed by atoms with Crippen LogP contribution in [0.1, 0.15) is 18.5 Å². The molecule has 1 heterocycles. The van der Waals surface area contributed by atoms with Crippen LogP contribution in [0.3, 0.4) is 0 Å². The summed E-state index contributed by atoms with van der Waals surface area (Å²) in [6, 6.07) is 5.82. The minimum atomic E-state index is 0.179. The molecule has 5 heteroatoms. The van der Waals surface area contributed by atoms with Gasteiger partial charge in [-0.05, 0) is 31.7 Å². The first kappa shape index (κ1) is 15.1. The minimum absolute atomic E-state index is 0.179. The summed E-state index contributed by atoms with van der Waals surface area (Å²) in [4.78, 5) is 2.40. The Bertz CT molecular complexity index is 437. The molecule has 1 aromatic carbocycles. The molecule has 1 aliphatic heterocycles. The molecule has 0 bridgehead atoms. The van der Waals surface area contributed by atoms with E-state index in [0.29, 0.717) is 5.75 Å². The topological polar surface area (TPSA) is 54.0 Å². The third kappa shape index (κ3) is 3.42. The van der Waals surface area contributed by atoms with Gasteiger partial charge in [-0.1, -0.05) is 6.07 Å². The van der Waals surface area contributed by atoms with Crippen LogP contribution in [0.15, 0.2) is 18.2 Å². The Kier molecular flexibility index (Phi) is 5.23. The number of aromatic hydroxyl groups is 1. The number of ether oxygens (including phenoxy) is 2. The van der Waals surface area contributed by atoms with Crippen molar-refractivity contribution >= 4 is 0 Å². The van der Waals surface area contributed by atoms with Gasteiger partial charge in [-0.15, -0.1) is 0 Å². The Hall–Kier alpha value is -1.30. The molecular weight excluding hydrogens is 256 g/mol. The van der Waals surface area contributed by atoms with Crippen molar-refractivity contribution in [3.05, 3.63) is 23.8 Å². The number of nitrogens with one attached hydrogen (secondary N) is 1. The van der Waals surface area contributed by atoms with Gasteiger partial charge in [-0.2, -0.15) is 0 Å². The molecule has 112 valence electrons. The lowest BCUT2D eigenvalue weighted by molar-refractivity contribution is -0.0393. The first-order valence-electron chi connectivity index (χ1n) is 7.03. The molecule has 0 aliphatic carbocycles. The third-order valence-electron chi connectivity index (χ3n) is 3.84. The van der Waals surface area contributed by atoms with Gasteiger partial charge in [0, 0.05) is 25.7 Å². The van der Waals surface area contributed by atoms with Gasteiger partial charge >= 0.3 is 0 Å². The number of phenols is 1. The maximum atomic E-state index is 9.67. The van der Waals surface area contributed by atoms with Crippen LogP contribution in [0.4, 0.5) is 0 Å². The van der Waals surface area contributed by atoms with E-state index in [1.165, 1.54) is 0 Å². The van der Waals surface area contributed by atoms with Crippen molar-refractivity contribution in [1.82, 2.24) is 10.2 Å². The van der Waals surface area contributed by atoms with E-state index in [0.717, 1.165) is 31.8 Å². The van der Waals surface area contributed by atoms with E-state index >= 15 is 0 Å². The first-order chi connectivity index (χ1) is 9.65. The average Bonchev–Trinajstić information content (AvgIpc) is 2.48. The van der Waals surface area contributed by atoms with Crippen LogP contribution < -0.4 is 10.1 Å². The lowest BCUT2D eigenvalue weighted by Gasteiger charge is -2.37. The zero-order chi connectivity index (χ0) is 14.5. The Morgan fingerprint density at radius 3 is 3.05 bits per heavy atom. The Balaban J connectivity index is 2.08. The predicted octanol–water partition coefficient (Wildman–Crippen LogP) is 1.38. The maximum absolute atomic E-state index is 9.67. The fourth-order valence-electron chi connectivity index (χ4n) is 2.61. The van der Waals surface area contributed by atoms with E-state index in [4.69, 9.17) is 9.47 Å². The number of phenolic OH excluding ortho intramolecular Hbond substituents is 1. The molecule has 1 saturated heterocycles. The minimum Gasteiger partial charge on any atom is -0.504 e. The standard InChI is InChI=1S/C15H24N2O3/c1-11(12-4-5-14(18)15(8-12)19-3)17-6-7-20-13(10-17)9-16-2/h4-5,8,11,13,16,18H,6-7,9-10H2,1-3H3. The fraction of sp³-hybridized carbons (Fsp3) is 0.600. The Morgan fingerprint density at radius 2 is 2.35 bits per heavy atom. The zero-order valence-corrected chi connectivity index (χ0v) is 12.4. The van der Waals surface area contributed by atoms with Gasteiger partial charge in [0.25, 0.3) is 0 Å². The van der Waals surface area contributed by atoms with Gasteiger partial charge in [-0.25, -0.2) is 0 Å². The highest BCUT2D eigenvalue weighted by atomic mass is 16.5. The van der Waals surface area contributed by atoms with Gasteiger partial charge in [0.1, 0.15) is 0 Å². The number of rotatable bonds is 5. The Labute approximate surface area is 120 Å². The molecule has 2 unspecified atom stereocenters. The number of hydrogen-bond acceptors (Lipinski definition) is 5. The van der Waals surface area contributed by atoms with Crippen molar-refractivity contribution in [3.8, 4) is 11.5 Å². The van der Waals surface area contributed by atoms with Crippen molar-refractivity contribution in [2.24, 2.45) is 0 Å². The van der Waals surface area contributed by atoms with Crippen LogP contribution in [0.5, 0.6) is 11.5 Å². The highest BCUT2D eigenvalue weighted by molar-refractivity contribution is 5.42. The predicted molar refractivity (Wildman–Crippen MR) is 78.3 cm³/mol. The SMILES string of the molecule is CNCC1CN(C(C)c2ccc(O)c(OC)c2)CCO1. The lowest BCUT2D eigenvalue weighted by Crippen LogP contribution is -2.46. The van der Waals surface area contributed by atoms with Crippen LogP contribution in [0, 0.1) is 0 Å². The van der Waals surface area contributed by atoms with Gasteiger partial charge in [0.15, 0.2) is 11.5 Å². The number of hydrogen-bond donors (Lipinski definition) is 2. The normalized spacial score (nSPS) is 21.6. The highest BCUT2D eigenvalue weighted by Crippen LogP contribution is 2.31. The van der Waals surface area contributed by atoms with E-state index < -0.39 is 0 Å². The van der Waals surface area contributed by atoms with Gasteiger partial charge in [-0.3, -0.25) is 4.90 Å². The van der Waals surface area contributed by atoms with Crippen molar-refractivity contribution < 1.29 is 14.6 Å². The molecule has 0 spiro atoms. The Morgan fingerprint density at radius 1 is 1.55 bits per heavy atom. The molecule has 0 amide bonds. The van der Waals surface area contributed by atoms with Crippen molar-refractivity contribution in [3.63, 3.8) is 0 Å². The summed E-state index contributed by atoms with van der Waals surface area (Å²) in [7, 11) is 3.51. The summed E-state index contributed by atoms with van der Waals surface area (Å²) in [6.07, 6.45) is 0.232. The molecule has 1 aliphatic rings. The van der Waals surface area contributed by atoms with Gasteiger partial charge in [0.2, 0.25) is 0 Å². The molecule has 0 aromatic heterocycles. The van der Waals surface area contributed by atoms with Crippen LogP contribution in [0.25, 0.3) is 0 Å². The van der Waals surface area contributed by atoms with Crippen molar-refractivity contribution in [2.45, 2.75) is 19.1 Å². The first-order valence-corrected chi connectivity index (χ1v) is 7.03. The summed E-state index contributed by atoms with van der Waals surface area (Å²) < 4.78 is 10.9. The number of benzene rings is 1. The summed E-state index contributed by atoms with van der Waals surface area (Å²) in [5, 5.41) is 12.8. The highest BCUT2D eigenvalue weighted by Gasteiger charge is 2.24. The summed E-state index contributed by atoms with van der Waals surface area (Å²) in [5.41, 5.74) is 1.14. The molecule has 1 fully saturated rings. The molecule has 5 nitrogen and oxygen atoms in total. The van der Waals surface area contributed by atoms with E-state index in [1.807, 2.05) is 19.2 Å². The second kappa shape index (κ2) is 6.92. The van der Waals surface area contributed by atoms with E-state index in [9.17, 15) is 5.11 Å². The molecule has 0 radical (unpaired) electrons. The van der Waals surface area contributed by atoms with Crippen molar-refractivity contribution in [1.29, 1.82) is 0 Å². The number of nitrogens with zero attached hydrogens (tertiary/aromatic N) is 1. The number of methoxy groups -OCH3 is 1. The van der Waals surface area contributed by atoms with Crippen molar-refractivity contribution in [2.75, 3.05) is 40.4 Å². The fourth-order valence-corrected chi connectivity index (χ4v) is 2.61. The molecule has 2 atom stereocenters. The summed E-state index contributed by atoms with van der Waals surface area (Å²) >= 11 is 0. The smallest absolute Gasteiger partial charge is 0.160 e. The van der Waals surface area contributed by atoms with E-state index in [1.54, 1.807) is 13.2 Å².